The third kappa shape index (κ3) is 3.00. The van der Waals surface area contributed by atoms with E-state index >= 15 is 0 Å². The average molecular weight is 342 g/mol. The zero-order valence-electron chi connectivity index (χ0n) is 15.1. The molecule has 3 aliphatic rings. The van der Waals surface area contributed by atoms with E-state index in [9.17, 15) is 9.59 Å². The number of ether oxygens (including phenoxy) is 1. The quantitative estimate of drug-likeness (QED) is 0.915. The number of carbonyl (C=O) groups excluding carboxylic acids is 2. The van der Waals surface area contributed by atoms with Crippen LogP contribution in [0.2, 0.25) is 0 Å². The second-order valence-electron chi connectivity index (χ2n) is 7.90. The maximum absolute atomic E-state index is 12.8. The molecular weight excluding hydrogens is 316 g/mol. The summed E-state index contributed by atoms with van der Waals surface area (Å²) >= 11 is 0. The van der Waals surface area contributed by atoms with E-state index in [0.29, 0.717) is 18.4 Å². The number of hydrogen-bond acceptors (Lipinski definition) is 3. The van der Waals surface area contributed by atoms with Crippen LogP contribution in [0.5, 0.6) is 5.75 Å². The number of anilines is 1. The van der Waals surface area contributed by atoms with E-state index in [4.69, 9.17) is 4.74 Å². The second-order valence-corrected chi connectivity index (χ2v) is 7.90. The van der Waals surface area contributed by atoms with Crippen LogP contribution in [-0.4, -0.2) is 25.5 Å². The van der Waals surface area contributed by atoms with E-state index in [2.05, 4.69) is 19.2 Å². The van der Waals surface area contributed by atoms with Crippen LogP contribution < -0.4 is 15.0 Å². The Hall–Kier alpha value is -2.04. The number of fused-ring (bicyclic) bond motifs is 1. The number of benzene rings is 1. The zero-order chi connectivity index (χ0) is 17.7. The van der Waals surface area contributed by atoms with Crippen LogP contribution >= 0.6 is 0 Å². The summed E-state index contributed by atoms with van der Waals surface area (Å²) in [6, 6.07) is 5.76. The van der Waals surface area contributed by atoms with E-state index in [1.165, 1.54) is 0 Å². The van der Waals surface area contributed by atoms with Gasteiger partial charge in [0.15, 0.2) is 0 Å². The molecular formula is C20H26N2O3. The summed E-state index contributed by atoms with van der Waals surface area (Å²) in [4.78, 5) is 27.1. The maximum atomic E-state index is 12.8. The molecule has 1 heterocycles. The fourth-order valence-electron chi connectivity index (χ4n) is 3.93. The van der Waals surface area contributed by atoms with Crippen molar-refractivity contribution in [3.63, 3.8) is 0 Å². The molecule has 1 aromatic rings. The first-order valence-corrected chi connectivity index (χ1v) is 9.29. The Labute approximate surface area is 148 Å². The maximum Gasteiger partial charge on any atom is 0.230 e. The van der Waals surface area contributed by atoms with Gasteiger partial charge in [-0.05, 0) is 49.3 Å². The van der Waals surface area contributed by atoms with Crippen molar-refractivity contribution in [3.05, 3.63) is 23.8 Å². The number of methoxy groups -OCH3 is 1. The third-order valence-corrected chi connectivity index (χ3v) is 6.00. The highest BCUT2D eigenvalue weighted by molar-refractivity contribution is 5.98. The number of amides is 2. The molecule has 1 aromatic carbocycles. The number of nitrogens with one attached hydrogen (secondary N) is 1. The Kier molecular flexibility index (Phi) is 3.97. The molecule has 4 rings (SSSR count). The van der Waals surface area contributed by atoms with Gasteiger partial charge in [-0.1, -0.05) is 13.8 Å². The summed E-state index contributed by atoms with van der Waals surface area (Å²) in [6.07, 6.45) is 2.72. The van der Waals surface area contributed by atoms with Crippen LogP contribution in [0.25, 0.3) is 0 Å². The number of hydrogen-bond donors (Lipinski definition) is 1. The molecule has 2 saturated carbocycles. The molecule has 2 amide bonds. The molecule has 0 aromatic heterocycles. The fraction of sp³-hybridized carbons (Fsp3) is 0.600. The number of rotatable bonds is 4. The van der Waals surface area contributed by atoms with Gasteiger partial charge in [-0.2, -0.15) is 0 Å². The Balaban J connectivity index is 1.60. The van der Waals surface area contributed by atoms with Crippen LogP contribution in [0.4, 0.5) is 5.69 Å². The Bertz CT molecular complexity index is 717. The molecule has 5 unspecified atom stereocenters. The van der Waals surface area contributed by atoms with Gasteiger partial charge in [-0.3, -0.25) is 9.59 Å². The average Bonchev–Trinajstić information content (AvgIpc) is 3.52. The molecule has 1 aliphatic heterocycles. The molecule has 1 N–H and O–H groups in total. The van der Waals surface area contributed by atoms with E-state index < -0.39 is 0 Å². The molecule has 25 heavy (non-hydrogen) atoms. The topological polar surface area (TPSA) is 58.6 Å². The molecule has 2 aliphatic carbocycles. The van der Waals surface area contributed by atoms with E-state index in [-0.39, 0.29) is 29.7 Å². The zero-order valence-corrected chi connectivity index (χ0v) is 15.1. The molecule has 0 saturated heterocycles. The Morgan fingerprint density at radius 3 is 2.44 bits per heavy atom. The summed E-state index contributed by atoms with van der Waals surface area (Å²) in [5, 5.41) is 3.20. The van der Waals surface area contributed by atoms with Crippen molar-refractivity contribution in [1.29, 1.82) is 0 Å². The minimum atomic E-state index is -0.0499. The van der Waals surface area contributed by atoms with E-state index in [0.717, 1.165) is 36.3 Å². The van der Waals surface area contributed by atoms with Gasteiger partial charge in [0.05, 0.1) is 13.2 Å². The monoisotopic (exact) mass is 342 g/mol. The van der Waals surface area contributed by atoms with Gasteiger partial charge >= 0.3 is 0 Å². The Morgan fingerprint density at radius 1 is 1.16 bits per heavy atom. The highest BCUT2D eigenvalue weighted by Crippen LogP contribution is 2.44. The van der Waals surface area contributed by atoms with Crippen LogP contribution in [-0.2, 0) is 9.59 Å². The molecule has 5 heteroatoms. The summed E-state index contributed by atoms with van der Waals surface area (Å²) in [7, 11) is 1.64. The summed E-state index contributed by atoms with van der Waals surface area (Å²) in [6.45, 7) is 4.90. The van der Waals surface area contributed by atoms with Crippen molar-refractivity contribution in [2.45, 2.75) is 39.2 Å². The predicted molar refractivity (Wildman–Crippen MR) is 95.4 cm³/mol. The molecule has 0 bridgehead atoms. The van der Waals surface area contributed by atoms with Crippen LogP contribution in [0.3, 0.4) is 0 Å². The minimum Gasteiger partial charge on any atom is -0.497 e. The van der Waals surface area contributed by atoms with Gasteiger partial charge in [-0.25, -0.2) is 0 Å². The highest BCUT2D eigenvalue weighted by atomic mass is 16.5. The molecule has 5 nitrogen and oxygen atoms in total. The first-order valence-electron chi connectivity index (χ1n) is 9.29. The minimum absolute atomic E-state index is 0.0499. The summed E-state index contributed by atoms with van der Waals surface area (Å²) < 4.78 is 5.37. The highest BCUT2D eigenvalue weighted by Gasteiger charge is 2.44. The van der Waals surface area contributed by atoms with Gasteiger partial charge in [0, 0.05) is 29.6 Å². The van der Waals surface area contributed by atoms with E-state index in [1.807, 2.05) is 23.1 Å². The third-order valence-electron chi connectivity index (χ3n) is 6.00. The largest absolute Gasteiger partial charge is 0.497 e. The number of nitrogens with zero attached hydrogens (tertiary/aromatic N) is 1. The normalized spacial score (nSPS) is 32.6. The van der Waals surface area contributed by atoms with Gasteiger partial charge in [0.25, 0.3) is 0 Å². The van der Waals surface area contributed by atoms with Crippen LogP contribution in [0, 0.1) is 23.7 Å². The lowest BCUT2D eigenvalue weighted by Gasteiger charge is -2.35. The van der Waals surface area contributed by atoms with Gasteiger partial charge in [0.1, 0.15) is 5.75 Å². The van der Waals surface area contributed by atoms with Crippen molar-refractivity contribution < 1.29 is 14.3 Å². The van der Waals surface area contributed by atoms with Crippen molar-refractivity contribution in [1.82, 2.24) is 5.32 Å². The van der Waals surface area contributed by atoms with Crippen molar-refractivity contribution in [2.24, 2.45) is 23.7 Å². The van der Waals surface area contributed by atoms with Gasteiger partial charge in [0.2, 0.25) is 11.8 Å². The summed E-state index contributed by atoms with van der Waals surface area (Å²) in [5.74, 6) is 2.41. The molecule has 0 spiro atoms. The standard InChI is InChI=1S/C20H26N2O3/c1-11-8-14(11)19(23)21-17-6-7-22(20(24)15-9-12(15)2)18-5-4-13(25-3)10-16(17)18/h4-5,10-12,14-15,17H,6-9H2,1-3H3,(H,21,23). The smallest absolute Gasteiger partial charge is 0.230 e. The van der Waals surface area contributed by atoms with Gasteiger partial charge < -0.3 is 15.0 Å². The Morgan fingerprint density at radius 2 is 1.84 bits per heavy atom. The first kappa shape index (κ1) is 16.4. The molecule has 2 fully saturated rings. The van der Waals surface area contributed by atoms with E-state index in [1.54, 1.807) is 7.11 Å². The van der Waals surface area contributed by atoms with Crippen LogP contribution in [0.1, 0.15) is 44.7 Å². The number of carbonyl (C=O) groups is 2. The fourth-order valence-corrected chi connectivity index (χ4v) is 3.93. The lowest BCUT2D eigenvalue weighted by Crippen LogP contribution is -2.42. The SMILES string of the molecule is COc1ccc2c(c1)C(NC(=O)C1CC1C)CCN2C(=O)C1CC1C. The predicted octanol–water partition coefficient (Wildman–Crippen LogP) is 2.90. The second kappa shape index (κ2) is 6.04. The van der Waals surface area contributed by atoms with Gasteiger partial charge in [-0.15, -0.1) is 0 Å². The lowest BCUT2D eigenvalue weighted by atomic mass is 9.95. The van der Waals surface area contributed by atoms with Crippen molar-refractivity contribution >= 4 is 17.5 Å². The molecule has 0 radical (unpaired) electrons. The first-order chi connectivity index (χ1) is 12.0. The molecule has 5 atom stereocenters. The lowest BCUT2D eigenvalue weighted by molar-refractivity contribution is -0.123. The molecule has 134 valence electrons. The van der Waals surface area contributed by atoms with Crippen molar-refractivity contribution in [2.75, 3.05) is 18.6 Å². The summed E-state index contributed by atoms with van der Waals surface area (Å²) in [5.41, 5.74) is 1.92. The van der Waals surface area contributed by atoms with Crippen LogP contribution in [0.15, 0.2) is 18.2 Å². The van der Waals surface area contributed by atoms with Crippen molar-refractivity contribution in [3.8, 4) is 5.75 Å².